The highest BCUT2D eigenvalue weighted by Crippen LogP contribution is 2.43. The van der Waals surface area contributed by atoms with Crippen LogP contribution in [0.2, 0.25) is 0 Å². The van der Waals surface area contributed by atoms with Crippen LogP contribution < -0.4 is 16.4 Å². The molecule has 146 valence electrons. The fraction of sp³-hybridized carbons (Fsp3) is 0.208. The molecule has 1 aliphatic rings. The Labute approximate surface area is 170 Å². The van der Waals surface area contributed by atoms with Gasteiger partial charge >= 0.3 is 0 Å². The van der Waals surface area contributed by atoms with Crippen LogP contribution in [-0.4, -0.2) is 29.1 Å². The van der Waals surface area contributed by atoms with Crippen molar-refractivity contribution in [2.24, 2.45) is 5.73 Å². The van der Waals surface area contributed by atoms with Crippen LogP contribution in [0.1, 0.15) is 12.8 Å². The van der Waals surface area contributed by atoms with Gasteiger partial charge in [0.05, 0.1) is 16.9 Å². The van der Waals surface area contributed by atoms with Crippen molar-refractivity contribution in [1.29, 1.82) is 0 Å². The summed E-state index contributed by atoms with van der Waals surface area (Å²) in [5.74, 6) is 0.543. The van der Waals surface area contributed by atoms with Gasteiger partial charge in [-0.15, -0.1) is 0 Å². The Hall–Kier alpha value is -3.31. The molecule has 0 saturated carbocycles. The second-order valence-electron chi connectivity index (χ2n) is 7.74. The van der Waals surface area contributed by atoms with Gasteiger partial charge in [-0.1, -0.05) is 48.5 Å². The number of para-hydroxylation sites is 1. The Balaban J connectivity index is 1.74. The average molecular weight is 383 g/mol. The number of nitrogens with one attached hydrogen (secondary N) is 1. The second kappa shape index (κ2) is 7.26. The minimum absolute atomic E-state index is 0.266. The molecule has 5 heteroatoms. The zero-order valence-corrected chi connectivity index (χ0v) is 16.3. The van der Waals surface area contributed by atoms with Crippen LogP contribution in [0.3, 0.4) is 0 Å². The lowest BCUT2D eigenvalue weighted by atomic mass is 9.97. The monoisotopic (exact) mass is 383 g/mol. The van der Waals surface area contributed by atoms with Crippen LogP contribution >= 0.6 is 0 Å². The van der Waals surface area contributed by atoms with Crippen LogP contribution in [-0.2, 0) is 0 Å². The largest absolute Gasteiger partial charge is 0.383 e. The molecule has 5 N–H and O–H groups in total. The van der Waals surface area contributed by atoms with Gasteiger partial charge in [-0.2, -0.15) is 0 Å². The van der Waals surface area contributed by atoms with E-state index in [9.17, 15) is 0 Å². The summed E-state index contributed by atoms with van der Waals surface area (Å²) in [7, 11) is 0. The molecule has 0 bridgehead atoms. The number of rotatable bonds is 3. The van der Waals surface area contributed by atoms with Crippen molar-refractivity contribution in [3.63, 3.8) is 0 Å². The Bertz CT molecular complexity index is 1110. The molecule has 4 aromatic rings. The SMILES string of the molecule is Nc1ncc(-c2ccccc2)c(N2CCC(N)CC2)c1-c1cc2ccccc2[nH]1. The summed E-state index contributed by atoms with van der Waals surface area (Å²) in [5, 5.41) is 1.17. The summed E-state index contributed by atoms with van der Waals surface area (Å²) in [6.45, 7) is 1.83. The topological polar surface area (TPSA) is 84.0 Å². The van der Waals surface area contributed by atoms with Crippen molar-refractivity contribution in [2.45, 2.75) is 18.9 Å². The molecule has 0 atom stereocenters. The van der Waals surface area contributed by atoms with E-state index in [1.54, 1.807) is 0 Å². The quantitative estimate of drug-likeness (QED) is 0.489. The third kappa shape index (κ3) is 3.23. The number of H-pyrrole nitrogens is 1. The van der Waals surface area contributed by atoms with Crippen LogP contribution in [0.15, 0.2) is 66.9 Å². The molecule has 2 aromatic carbocycles. The second-order valence-corrected chi connectivity index (χ2v) is 7.74. The maximum atomic E-state index is 6.47. The van der Waals surface area contributed by atoms with Gasteiger partial charge in [0.1, 0.15) is 5.82 Å². The first-order valence-corrected chi connectivity index (χ1v) is 10.1. The summed E-state index contributed by atoms with van der Waals surface area (Å²) >= 11 is 0. The third-order valence-electron chi connectivity index (χ3n) is 5.82. The summed E-state index contributed by atoms with van der Waals surface area (Å²) in [6.07, 6.45) is 3.85. The number of aromatic nitrogens is 2. The molecule has 0 unspecified atom stereocenters. The average Bonchev–Trinajstić information content (AvgIpc) is 3.18. The van der Waals surface area contributed by atoms with Gasteiger partial charge in [-0.05, 0) is 30.5 Å². The molecule has 5 rings (SSSR count). The number of hydrogen-bond donors (Lipinski definition) is 3. The maximum absolute atomic E-state index is 6.47. The Morgan fingerprint density at radius 3 is 2.45 bits per heavy atom. The number of pyridine rings is 1. The Morgan fingerprint density at radius 1 is 0.966 bits per heavy atom. The Kier molecular flexibility index (Phi) is 4.45. The number of aromatic amines is 1. The summed E-state index contributed by atoms with van der Waals surface area (Å²) in [4.78, 5) is 10.5. The number of hydrogen-bond acceptors (Lipinski definition) is 4. The van der Waals surface area contributed by atoms with Crippen LogP contribution in [0, 0.1) is 0 Å². The molecule has 5 nitrogen and oxygen atoms in total. The zero-order chi connectivity index (χ0) is 19.8. The van der Waals surface area contributed by atoms with Gasteiger partial charge in [-0.25, -0.2) is 4.98 Å². The predicted octanol–water partition coefficient (Wildman–Crippen LogP) is 4.41. The van der Waals surface area contributed by atoms with E-state index >= 15 is 0 Å². The van der Waals surface area contributed by atoms with Crippen LogP contribution in [0.25, 0.3) is 33.3 Å². The fourth-order valence-corrected chi connectivity index (χ4v) is 4.27. The van der Waals surface area contributed by atoms with E-state index in [0.29, 0.717) is 5.82 Å². The van der Waals surface area contributed by atoms with Crippen molar-refractivity contribution in [3.05, 3.63) is 66.9 Å². The summed E-state index contributed by atoms with van der Waals surface area (Å²) in [5.41, 5.74) is 19.1. The normalized spacial score (nSPS) is 15.1. The number of nitrogen functional groups attached to an aromatic ring is 1. The first-order chi connectivity index (χ1) is 14.2. The highest BCUT2D eigenvalue weighted by molar-refractivity contribution is 5.98. The molecule has 0 spiro atoms. The lowest BCUT2D eigenvalue weighted by Crippen LogP contribution is -2.40. The van der Waals surface area contributed by atoms with E-state index in [1.807, 2.05) is 18.3 Å². The minimum Gasteiger partial charge on any atom is -0.383 e. The summed E-state index contributed by atoms with van der Waals surface area (Å²) in [6, 6.07) is 21.1. The van der Waals surface area contributed by atoms with Gasteiger partial charge in [0.15, 0.2) is 0 Å². The lowest BCUT2D eigenvalue weighted by Gasteiger charge is -2.35. The van der Waals surface area contributed by atoms with Crippen LogP contribution in [0.4, 0.5) is 11.5 Å². The van der Waals surface area contributed by atoms with E-state index < -0.39 is 0 Å². The van der Waals surface area contributed by atoms with E-state index in [0.717, 1.165) is 59.5 Å². The number of nitrogens with zero attached hydrogens (tertiary/aromatic N) is 2. The van der Waals surface area contributed by atoms with Gasteiger partial charge in [0.2, 0.25) is 0 Å². The molecule has 3 heterocycles. The first-order valence-electron chi connectivity index (χ1n) is 10.1. The number of anilines is 2. The van der Waals surface area contributed by atoms with Crippen molar-refractivity contribution in [2.75, 3.05) is 23.7 Å². The number of benzene rings is 2. The smallest absolute Gasteiger partial charge is 0.134 e. The number of nitrogens with two attached hydrogens (primary N) is 2. The van der Waals surface area contributed by atoms with Gasteiger partial charge < -0.3 is 21.4 Å². The highest BCUT2D eigenvalue weighted by atomic mass is 15.2. The van der Waals surface area contributed by atoms with Crippen molar-refractivity contribution < 1.29 is 0 Å². The molecule has 0 radical (unpaired) electrons. The van der Waals surface area contributed by atoms with E-state index in [-0.39, 0.29) is 6.04 Å². The molecule has 2 aromatic heterocycles. The molecule has 29 heavy (non-hydrogen) atoms. The van der Waals surface area contributed by atoms with Gasteiger partial charge in [0, 0.05) is 41.8 Å². The lowest BCUT2D eigenvalue weighted by molar-refractivity contribution is 0.501. The Morgan fingerprint density at radius 2 is 1.69 bits per heavy atom. The molecule has 0 aliphatic carbocycles. The number of piperidine rings is 1. The highest BCUT2D eigenvalue weighted by Gasteiger charge is 2.25. The number of fused-ring (bicyclic) bond motifs is 1. The van der Waals surface area contributed by atoms with Crippen molar-refractivity contribution in [1.82, 2.24) is 9.97 Å². The van der Waals surface area contributed by atoms with Crippen molar-refractivity contribution in [3.8, 4) is 22.4 Å². The van der Waals surface area contributed by atoms with Crippen LogP contribution in [0.5, 0.6) is 0 Å². The summed E-state index contributed by atoms with van der Waals surface area (Å²) < 4.78 is 0. The zero-order valence-electron chi connectivity index (χ0n) is 16.3. The van der Waals surface area contributed by atoms with E-state index in [2.05, 4.69) is 63.4 Å². The first kappa shape index (κ1) is 17.8. The molecule has 1 fully saturated rings. The third-order valence-corrected chi connectivity index (χ3v) is 5.82. The molecule has 1 saturated heterocycles. The standard InChI is InChI=1S/C24H25N5/c25-18-10-12-29(13-11-18)23-19(16-6-2-1-3-7-16)15-27-24(26)22(23)21-14-17-8-4-5-9-20(17)28-21/h1-9,14-15,18,28H,10-13,25H2,(H2,26,27). The molecule has 0 amide bonds. The van der Waals surface area contributed by atoms with Crippen molar-refractivity contribution >= 4 is 22.4 Å². The van der Waals surface area contributed by atoms with E-state index in [1.165, 1.54) is 5.39 Å². The maximum Gasteiger partial charge on any atom is 0.134 e. The minimum atomic E-state index is 0.266. The predicted molar refractivity (Wildman–Crippen MR) is 121 cm³/mol. The molecule has 1 aliphatic heterocycles. The van der Waals surface area contributed by atoms with Gasteiger partial charge in [-0.3, -0.25) is 0 Å². The molecular formula is C24H25N5. The molecular weight excluding hydrogens is 358 g/mol. The van der Waals surface area contributed by atoms with Gasteiger partial charge in [0.25, 0.3) is 0 Å². The van der Waals surface area contributed by atoms with E-state index in [4.69, 9.17) is 11.5 Å². The fourth-order valence-electron chi connectivity index (χ4n) is 4.27.